The van der Waals surface area contributed by atoms with E-state index in [1.807, 2.05) is 18.7 Å². The van der Waals surface area contributed by atoms with Gasteiger partial charge in [0.25, 0.3) is 0 Å². The van der Waals surface area contributed by atoms with Crippen LogP contribution in [0.4, 0.5) is 0 Å². The van der Waals surface area contributed by atoms with E-state index in [-0.39, 0.29) is 17.9 Å². The fourth-order valence-corrected chi connectivity index (χ4v) is 2.90. The molecule has 1 aliphatic rings. The van der Waals surface area contributed by atoms with Gasteiger partial charge < -0.3 is 11.1 Å². The Kier molecular flexibility index (Phi) is 5.47. The second-order valence-electron chi connectivity index (χ2n) is 4.39. The number of amides is 1. The Morgan fingerprint density at radius 1 is 1.67 bits per heavy atom. The largest absolute Gasteiger partial charge is 0.354 e. The van der Waals surface area contributed by atoms with E-state index in [0.717, 1.165) is 13.0 Å². The Bertz CT molecular complexity index is 205. The molecule has 0 saturated carbocycles. The monoisotopic (exact) mass is 230 g/mol. The van der Waals surface area contributed by atoms with Crippen LogP contribution in [0.1, 0.15) is 26.7 Å². The summed E-state index contributed by atoms with van der Waals surface area (Å²) in [7, 11) is 0. The van der Waals surface area contributed by atoms with E-state index in [9.17, 15) is 4.79 Å². The summed E-state index contributed by atoms with van der Waals surface area (Å²) < 4.78 is 0. The number of rotatable bonds is 5. The molecule has 0 aromatic carbocycles. The lowest BCUT2D eigenvalue weighted by Gasteiger charge is -2.19. The normalized spacial score (nSPS) is 24.9. The van der Waals surface area contributed by atoms with Crippen molar-refractivity contribution >= 4 is 17.7 Å². The minimum absolute atomic E-state index is 0.0150. The molecule has 0 radical (unpaired) electrons. The zero-order chi connectivity index (χ0) is 11.3. The summed E-state index contributed by atoms with van der Waals surface area (Å²) in [5, 5.41) is 2.96. The summed E-state index contributed by atoms with van der Waals surface area (Å²) >= 11 is 1.97. The van der Waals surface area contributed by atoms with Crippen LogP contribution < -0.4 is 11.1 Å². The van der Waals surface area contributed by atoms with Gasteiger partial charge in [-0.25, -0.2) is 0 Å². The predicted octanol–water partition coefficient (Wildman–Crippen LogP) is 1.23. The van der Waals surface area contributed by atoms with Crippen molar-refractivity contribution in [2.24, 2.45) is 17.6 Å². The van der Waals surface area contributed by atoms with Gasteiger partial charge in [0.2, 0.25) is 5.91 Å². The van der Waals surface area contributed by atoms with Gasteiger partial charge in [0.05, 0.1) is 6.04 Å². The van der Waals surface area contributed by atoms with E-state index in [4.69, 9.17) is 5.73 Å². The summed E-state index contributed by atoms with van der Waals surface area (Å²) in [6.45, 7) is 4.89. The van der Waals surface area contributed by atoms with E-state index in [0.29, 0.717) is 5.92 Å². The average Bonchev–Trinajstić information content (AvgIpc) is 2.76. The molecule has 15 heavy (non-hydrogen) atoms. The molecule has 3 nitrogen and oxygen atoms in total. The molecule has 3 atom stereocenters. The SMILES string of the molecule is CCC(C)[C@H](N)C(=O)NCC1CCSC1. The van der Waals surface area contributed by atoms with Crippen LogP contribution in [0.2, 0.25) is 0 Å². The van der Waals surface area contributed by atoms with Crippen LogP contribution in [0.15, 0.2) is 0 Å². The fourth-order valence-electron chi connectivity index (χ4n) is 1.62. The first-order valence-corrected chi connectivity index (χ1v) is 6.91. The Hall–Kier alpha value is -0.220. The van der Waals surface area contributed by atoms with Crippen LogP contribution in [-0.4, -0.2) is 30.0 Å². The van der Waals surface area contributed by atoms with Gasteiger partial charge in [-0.05, 0) is 29.8 Å². The third-order valence-electron chi connectivity index (χ3n) is 3.15. The molecular weight excluding hydrogens is 208 g/mol. The molecule has 0 aromatic heterocycles. The lowest BCUT2D eigenvalue weighted by atomic mass is 9.99. The maximum absolute atomic E-state index is 11.7. The van der Waals surface area contributed by atoms with Gasteiger partial charge in [-0.15, -0.1) is 0 Å². The quantitative estimate of drug-likeness (QED) is 0.747. The lowest BCUT2D eigenvalue weighted by molar-refractivity contribution is -0.123. The molecule has 0 spiro atoms. The van der Waals surface area contributed by atoms with Gasteiger partial charge in [0, 0.05) is 6.54 Å². The van der Waals surface area contributed by atoms with Crippen LogP contribution in [-0.2, 0) is 4.79 Å². The maximum atomic E-state index is 11.7. The third-order valence-corrected chi connectivity index (χ3v) is 4.38. The highest BCUT2D eigenvalue weighted by atomic mass is 32.2. The van der Waals surface area contributed by atoms with Crippen molar-refractivity contribution in [2.45, 2.75) is 32.7 Å². The molecule has 3 N–H and O–H groups in total. The highest BCUT2D eigenvalue weighted by Crippen LogP contribution is 2.22. The first-order chi connectivity index (χ1) is 7.15. The van der Waals surface area contributed by atoms with Crippen LogP contribution in [0, 0.1) is 11.8 Å². The van der Waals surface area contributed by atoms with Crippen molar-refractivity contribution in [3.05, 3.63) is 0 Å². The number of carbonyl (C=O) groups excluding carboxylic acids is 1. The Morgan fingerprint density at radius 2 is 2.40 bits per heavy atom. The topological polar surface area (TPSA) is 55.1 Å². The summed E-state index contributed by atoms with van der Waals surface area (Å²) in [4.78, 5) is 11.7. The van der Waals surface area contributed by atoms with E-state index in [1.54, 1.807) is 0 Å². The highest BCUT2D eigenvalue weighted by Gasteiger charge is 2.21. The number of hydrogen-bond acceptors (Lipinski definition) is 3. The number of nitrogens with two attached hydrogens (primary N) is 1. The standard InChI is InChI=1S/C11H22N2OS/c1-3-8(2)10(12)11(14)13-6-9-4-5-15-7-9/h8-10H,3-7,12H2,1-2H3,(H,13,14)/t8?,9?,10-/m0/s1. The Morgan fingerprint density at radius 3 is 2.93 bits per heavy atom. The number of hydrogen-bond donors (Lipinski definition) is 2. The summed E-state index contributed by atoms with van der Waals surface area (Å²) in [6, 6.07) is -0.343. The first-order valence-electron chi connectivity index (χ1n) is 5.76. The first kappa shape index (κ1) is 12.8. The van der Waals surface area contributed by atoms with Crippen LogP contribution in [0.3, 0.4) is 0 Å². The highest BCUT2D eigenvalue weighted by molar-refractivity contribution is 7.99. The van der Waals surface area contributed by atoms with Crippen molar-refractivity contribution < 1.29 is 4.79 Å². The molecule has 1 aliphatic heterocycles. The van der Waals surface area contributed by atoms with Gasteiger partial charge in [-0.1, -0.05) is 20.3 Å². The zero-order valence-electron chi connectivity index (χ0n) is 9.66. The van der Waals surface area contributed by atoms with Crippen molar-refractivity contribution in [3.63, 3.8) is 0 Å². The van der Waals surface area contributed by atoms with Gasteiger partial charge in [-0.3, -0.25) is 4.79 Å². The molecule has 1 rings (SSSR count). The van der Waals surface area contributed by atoms with E-state index >= 15 is 0 Å². The van der Waals surface area contributed by atoms with E-state index in [2.05, 4.69) is 12.2 Å². The third kappa shape index (κ3) is 4.03. The number of carbonyl (C=O) groups is 1. The summed E-state index contributed by atoms with van der Waals surface area (Å²) in [5.41, 5.74) is 5.84. The van der Waals surface area contributed by atoms with Gasteiger partial charge in [-0.2, -0.15) is 11.8 Å². The lowest BCUT2D eigenvalue weighted by Crippen LogP contribution is -2.45. The molecule has 1 amide bonds. The molecule has 1 saturated heterocycles. The summed E-state index contributed by atoms with van der Waals surface area (Å²) in [6.07, 6.45) is 2.18. The maximum Gasteiger partial charge on any atom is 0.237 e. The summed E-state index contributed by atoms with van der Waals surface area (Å²) in [5.74, 6) is 3.35. The number of nitrogens with one attached hydrogen (secondary N) is 1. The van der Waals surface area contributed by atoms with Crippen LogP contribution in [0.5, 0.6) is 0 Å². The van der Waals surface area contributed by atoms with Crippen molar-refractivity contribution in [1.82, 2.24) is 5.32 Å². The van der Waals surface area contributed by atoms with Crippen LogP contribution >= 0.6 is 11.8 Å². The molecule has 2 unspecified atom stereocenters. The average molecular weight is 230 g/mol. The molecule has 4 heteroatoms. The van der Waals surface area contributed by atoms with Gasteiger partial charge in [0.15, 0.2) is 0 Å². The van der Waals surface area contributed by atoms with Crippen molar-refractivity contribution in [3.8, 4) is 0 Å². The van der Waals surface area contributed by atoms with Gasteiger partial charge >= 0.3 is 0 Å². The second kappa shape index (κ2) is 6.38. The molecule has 0 aromatic rings. The zero-order valence-corrected chi connectivity index (χ0v) is 10.5. The predicted molar refractivity (Wildman–Crippen MR) is 65.9 cm³/mol. The van der Waals surface area contributed by atoms with Crippen LogP contribution in [0.25, 0.3) is 0 Å². The number of thioether (sulfide) groups is 1. The minimum Gasteiger partial charge on any atom is -0.354 e. The molecule has 0 bridgehead atoms. The minimum atomic E-state index is -0.343. The van der Waals surface area contributed by atoms with Crippen molar-refractivity contribution in [1.29, 1.82) is 0 Å². The van der Waals surface area contributed by atoms with E-state index in [1.165, 1.54) is 17.9 Å². The molecule has 1 heterocycles. The second-order valence-corrected chi connectivity index (χ2v) is 5.54. The fraction of sp³-hybridized carbons (Fsp3) is 0.909. The Labute approximate surface area is 96.6 Å². The van der Waals surface area contributed by atoms with Gasteiger partial charge in [0.1, 0.15) is 0 Å². The smallest absolute Gasteiger partial charge is 0.237 e. The Balaban J connectivity index is 2.22. The van der Waals surface area contributed by atoms with E-state index < -0.39 is 0 Å². The molecule has 1 fully saturated rings. The molecule has 0 aliphatic carbocycles. The molecule has 88 valence electrons. The molecular formula is C11H22N2OS. The van der Waals surface area contributed by atoms with Crippen molar-refractivity contribution in [2.75, 3.05) is 18.1 Å².